The van der Waals surface area contributed by atoms with Crippen LogP contribution in [0.4, 0.5) is 0 Å². The van der Waals surface area contributed by atoms with Crippen molar-refractivity contribution in [1.29, 1.82) is 0 Å². The molecule has 0 radical (unpaired) electrons. The summed E-state index contributed by atoms with van der Waals surface area (Å²) in [5.74, 6) is -0.171. The smallest absolute Gasteiger partial charge is 0.314 e. The van der Waals surface area contributed by atoms with Crippen molar-refractivity contribution < 1.29 is 9.53 Å². The summed E-state index contributed by atoms with van der Waals surface area (Å²) in [7, 11) is 1.45. The first kappa shape index (κ1) is 9.65. The molecule has 2 rings (SSSR count). The van der Waals surface area contributed by atoms with Gasteiger partial charge in [-0.1, -0.05) is 0 Å². The molecule has 3 nitrogen and oxygen atoms in total. The summed E-state index contributed by atoms with van der Waals surface area (Å²) in [5.41, 5.74) is 1.10. The van der Waals surface area contributed by atoms with Crippen LogP contribution in [0.15, 0.2) is 17.2 Å². The number of ether oxygens (including phenoxy) is 1. The minimum atomic E-state index is -0.116. The van der Waals surface area contributed by atoms with Gasteiger partial charge >= 0.3 is 5.97 Å². The highest BCUT2D eigenvalue weighted by molar-refractivity contribution is 7.98. The second-order valence-corrected chi connectivity index (χ2v) is 4.14. The molecule has 1 unspecified atom stereocenters. The quantitative estimate of drug-likeness (QED) is 0.553. The Hall–Kier alpha value is -0.900. The van der Waals surface area contributed by atoms with Crippen molar-refractivity contribution in [2.24, 2.45) is 0 Å². The lowest BCUT2D eigenvalue weighted by molar-refractivity contribution is -0.142. The van der Waals surface area contributed by atoms with E-state index in [1.165, 1.54) is 12.1 Å². The van der Waals surface area contributed by atoms with Crippen LogP contribution in [0.2, 0.25) is 0 Å². The SMILES string of the molecule is COC(=O)C1CCn2c(SC)ccc21. The van der Waals surface area contributed by atoms with Crippen LogP contribution in [0.1, 0.15) is 18.0 Å². The van der Waals surface area contributed by atoms with Crippen molar-refractivity contribution in [3.63, 3.8) is 0 Å². The van der Waals surface area contributed by atoms with Crippen molar-refractivity contribution in [1.82, 2.24) is 4.57 Å². The third kappa shape index (κ3) is 1.34. The molecule has 1 atom stereocenters. The van der Waals surface area contributed by atoms with Gasteiger partial charge in [-0.15, -0.1) is 11.8 Å². The molecule has 0 saturated heterocycles. The summed E-state index contributed by atoms with van der Waals surface area (Å²) in [4.78, 5) is 11.4. The van der Waals surface area contributed by atoms with Gasteiger partial charge in [-0.2, -0.15) is 0 Å². The average molecular weight is 211 g/mol. The van der Waals surface area contributed by atoms with Gasteiger partial charge in [-0.25, -0.2) is 0 Å². The van der Waals surface area contributed by atoms with E-state index in [2.05, 4.69) is 10.6 Å². The molecule has 0 fully saturated rings. The molecule has 1 aliphatic rings. The van der Waals surface area contributed by atoms with Crippen LogP contribution in [0.25, 0.3) is 0 Å². The number of esters is 1. The van der Waals surface area contributed by atoms with E-state index < -0.39 is 0 Å². The molecule has 0 aromatic carbocycles. The molecule has 76 valence electrons. The standard InChI is InChI=1S/C10H13NO2S/c1-13-10(12)7-5-6-11-8(7)3-4-9(11)14-2/h3-4,7H,5-6H2,1-2H3. The van der Waals surface area contributed by atoms with Gasteiger partial charge in [-0.05, 0) is 24.8 Å². The molecule has 1 aromatic heterocycles. The van der Waals surface area contributed by atoms with Gasteiger partial charge in [0.05, 0.1) is 18.1 Å². The molecule has 0 amide bonds. The largest absolute Gasteiger partial charge is 0.469 e. The monoisotopic (exact) mass is 211 g/mol. The first-order chi connectivity index (χ1) is 6.77. The lowest BCUT2D eigenvalue weighted by Gasteiger charge is -2.05. The lowest BCUT2D eigenvalue weighted by atomic mass is 10.1. The third-order valence-electron chi connectivity index (χ3n) is 2.67. The fourth-order valence-corrected chi connectivity index (χ4v) is 2.59. The predicted octanol–water partition coefficient (Wildman–Crippen LogP) is 1.87. The van der Waals surface area contributed by atoms with E-state index in [1.54, 1.807) is 11.8 Å². The first-order valence-electron chi connectivity index (χ1n) is 4.59. The fourth-order valence-electron chi connectivity index (χ4n) is 1.97. The molecule has 14 heavy (non-hydrogen) atoms. The molecule has 2 heterocycles. The van der Waals surface area contributed by atoms with Crippen molar-refractivity contribution in [2.45, 2.75) is 23.9 Å². The number of nitrogens with zero attached hydrogens (tertiary/aromatic N) is 1. The average Bonchev–Trinajstić information content (AvgIpc) is 2.76. The molecule has 1 aromatic rings. The van der Waals surface area contributed by atoms with Crippen molar-refractivity contribution in [2.75, 3.05) is 13.4 Å². The minimum Gasteiger partial charge on any atom is -0.469 e. The van der Waals surface area contributed by atoms with Crippen LogP contribution in [-0.2, 0) is 16.1 Å². The van der Waals surface area contributed by atoms with E-state index >= 15 is 0 Å². The van der Waals surface area contributed by atoms with Gasteiger partial charge in [0.25, 0.3) is 0 Å². The number of rotatable bonds is 2. The molecule has 0 saturated carbocycles. The van der Waals surface area contributed by atoms with Gasteiger partial charge in [0.2, 0.25) is 0 Å². The van der Waals surface area contributed by atoms with Crippen molar-refractivity contribution in [3.8, 4) is 0 Å². The Morgan fingerprint density at radius 3 is 3.07 bits per heavy atom. The van der Waals surface area contributed by atoms with E-state index in [4.69, 9.17) is 4.74 Å². The highest BCUT2D eigenvalue weighted by Crippen LogP contribution is 2.34. The highest BCUT2D eigenvalue weighted by Gasteiger charge is 2.30. The Balaban J connectivity index is 2.31. The van der Waals surface area contributed by atoms with Gasteiger partial charge in [0.1, 0.15) is 0 Å². The van der Waals surface area contributed by atoms with Gasteiger partial charge < -0.3 is 9.30 Å². The summed E-state index contributed by atoms with van der Waals surface area (Å²) in [6.45, 7) is 0.929. The normalized spacial score (nSPS) is 19.4. The Kier molecular flexibility index (Phi) is 2.54. The zero-order chi connectivity index (χ0) is 10.1. The number of methoxy groups -OCH3 is 1. The second kappa shape index (κ2) is 3.69. The topological polar surface area (TPSA) is 31.2 Å². The zero-order valence-corrected chi connectivity index (χ0v) is 9.13. The van der Waals surface area contributed by atoms with Crippen LogP contribution < -0.4 is 0 Å². The minimum absolute atomic E-state index is 0.0547. The Morgan fingerprint density at radius 2 is 2.43 bits per heavy atom. The summed E-state index contributed by atoms with van der Waals surface area (Å²) >= 11 is 1.71. The third-order valence-corrected chi connectivity index (χ3v) is 3.44. The van der Waals surface area contributed by atoms with Crippen LogP contribution in [0.5, 0.6) is 0 Å². The fraction of sp³-hybridized carbons (Fsp3) is 0.500. The number of aromatic nitrogens is 1. The maximum absolute atomic E-state index is 11.4. The summed E-state index contributed by atoms with van der Waals surface area (Å²) in [6, 6.07) is 4.09. The van der Waals surface area contributed by atoms with Crippen molar-refractivity contribution in [3.05, 3.63) is 17.8 Å². The van der Waals surface area contributed by atoms with E-state index in [-0.39, 0.29) is 11.9 Å². The number of fused-ring (bicyclic) bond motifs is 1. The highest BCUT2D eigenvalue weighted by atomic mass is 32.2. The van der Waals surface area contributed by atoms with Crippen LogP contribution >= 0.6 is 11.8 Å². The zero-order valence-electron chi connectivity index (χ0n) is 8.32. The maximum Gasteiger partial charge on any atom is 0.314 e. The van der Waals surface area contributed by atoms with E-state index in [0.717, 1.165) is 18.7 Å². The molecular weight excluding hydrogens is 198 g/mol. The molecule has 0 bridgehead atoms. The van der Waals surface area contributed by atoms with Crippen molar-refractivity contribution >= 4 is 17.7 Å². The van der Waals surface area contributed by atoms with E-state index in [1.807, 2.05) is 12.3 Å². The number of carbonyl (C=O) groups is 1. The maximum atomic E-state index is 11.4. The van der Waals surface area contributed by atoms with Gasteiger partial charge in [0, 0.05) is 12.2 Å². The molecule has 0 N–H and O–H groups in total. The summed E-state index contributed by atoms with van der Waals surface area (Å²) < 4.78 is 6.98. The first-order valence-corrected chi connectivity index (χ1v) is 5.81. The Bertz CT molecular complexity index is 359. The summed E-state index contributed by atoms with van der Waals surface area (Å²) in [6.07, 6.45) is 2.92. The molecule has 1 aliphatic heterocycles. The molecule has 0 spiro atoms. The molecule has 0 aliphatic carbocycles. The predicted molar refractivity (Wildman–Crippen MR) is 55.6 cm³/mol. The van der Waals surface area contributed by atoms with Crippen LogP contribution in [0.3, 0.4) is 0 Å². The Labute approximate surface area is 87.4 Å². The van der Waals surface area contributed by atoms with Gasteiger partial charge in [0.15, 0.2) is 0 Å². The lowest BCUT2D eigenvalue weighted by Crippen LogP contribution is -2.11. The number of hydrogen-bond donors (Lipinski definition) is 0. The molecular formula is C10H13NO2S. The number of thioether (sulfide) groups is 1. The van der Waals surface area contributed by atoms with E-state index in [0.29, 0.717) is 0 Å². The Morgan fingerprint density at radius 1 is 1.64 bits per heavy atom. The van der Waals surface area contributed by atoms with E-state index in [9.17, 15) is 4.79 Å². The second-order valence-electron chi connectivity index (χ2n) is 3.32. The van der Waals surface area contributed by atoms with Crippen LogP contribution in [0, 0.1) is 0 Å². The van der Waals surface area contributed by atoms with Crippen LogP contribution in [-0.4, -0.2) is 23.9 Å². The number of carbonyl (C=O) groups excluding carboxylic acids is 1. The summed E-state index contributed by atoms with van der Waals surface area (Å²) in [5, 5.41) is 1.23. The number of hydrogen-bond acceptors (Lipinski definition) is 3. The van der Waals surface area contributed by atoms with Gasteiger partial charge in [-0.3, -0.25) is 4.79 Å². The molecule has 4 heteroatoms.